The first kappa shape index (κ1) is 15.0. The topological polar surface area (TPSA) is 67.6 Å². The molecule has 0 saturated carbocycles. The summed E-state index contributed by atoms with van der Waals surface area (Å²) in [4.78, 5) is 13.8. The molecule has 5 nitrogen and oxygen atoms in total. The lowest BCUT2D eigenvalue weighted by atomic mass is 10.2. The molecule has 1 aromatic rings. The fourth-order valence-electron chi connectivity index (χ4n) is 2.26. The summed E-state index contributed by atoms with van der Waals surface area (Å²) in [5.74, 6) is -0.131. The first-order chi connectivity index (χ1) is 9.65. The number of amides is 1. The zero-order chi connectivity index (χ0) is 14.4. The van der Waals surface area contributed by atoms with E-state index < -0.39 is 6.04 Å². The van der Waals surface area contributed by atoms with E-state index >= 15 is 0 Å². The second kappa shape index (κ2) is 7.38. The number of carbonyl (C=O) groups is 1. The van der Waals surface area contributed by atoms with Crippen LogP contribution in [-0.4, -0.2) is 49.2 Å². The van der Waals surface area contributed by atoms with Gasteiger partial charge in [0.25, 0.3) is 0 Å². The minimum atomic E-state index is -0.473. The smallest absolute Gasteiger partial charge is 0.236 e. The Morgan fingerprint density at radius 1 is 1.50 bits per heavy atom. The molecule has 2 rings (SSSR count). The molecule has 2 unspecified atom stereocenters. The van der Waals surface area contributed by atoms with Gasteiger partial charge in [-0.3, -0.25) is 9.69 Å². The summed E-state index contributed by atoms with van der Waals surface area (Å²) in [5.41, 5.74) is 6.82. The fraction of sp³-hybridized carbons (Fsp3) is 0.533. The molecule has 1 saturated heterocycles. The van der Waals surface area contributed by atoms with E-state index in [4.69, 9.17) is 10.5 Å². The van der Waals surface area contributed by atoms with Crippen LogP contribution in [0.4, 0.5) is 0 Å². The molecule has 0 radical (unpaired) electrons. The van der Waals surface area contributed by atoms with Gasteiger partial charge in [-0.25, -0.2) is 0 Å². The summed E-state index contributed by atoms with van der Waals surface area (Å²) in [5, 5.41) is 2.82. The van der Waals surface area contributed by atoms with Crippen molar-refractivity contribution in [1.29, 1.82) is 0 Å². The standard InChI is InChI=1S/C15H23N3O2/c1-12(16)15(19)17-9-14-11-18(7-8-20-14)10-13-5-3-2-4-6-13/h2-6,12,14H,7-11,16H2,1H3,(H,17,19). The van der Waals surface area contributed by atoms with E-state index in [1.165, 1.54) is 5.56 Å². The maximum atomic E-state index is 11.5. The van der Waals surface area contributed by atoms with Crippen molar-refractivity contribution in [2.45, 2.75) is 25.6 Å². The number of nitrogens with two attached hydrogens (primary N) is 1. The largest absolute Gasteiger partial charge is 0.374 e. The maximum Gasteiger partial charge on any atom is 0.236 e. The van der Waals surface area contributed by atoms with Gasteiger partial charge in [-0.15, -0.1) is 0 Å². The Bertz CT molecular complexity index is 422. The minimum absolute atomic E-state index is 0.0372. The highest BCUT2D eigenvalue weighted by molar-refractivity contribution is 5.80. The lowest BCUT2D eigenvalue weighted by molar-refractivity contribution is -0.123. The predicted octanol–water partition coefficient (Wildman–Crippen LogP) is 0.351. The van der Waals surface area contributed by atoms with Crippen LogP contribution in [0.15, 0.2) is 30.3 Å². The van der Waals surface area contributed by atoms with Crippen LogP contribution >= 0.6 is 0 Å². The summed E-state index contributed by atoms with van der Waals surface area (Å²) in [6.45, 7) is 5.57. The quantitative estimate of drug-likeness (QED) is 0.815. The number of morpholine rings is 1. The number of hydrogen-bond donors (Lipinski definition) is 2. The van der Waals surface area contributed by atoms with Crippen molar-refractivity contribution in [2.24, 2.45) is 5.73 Å². The molecule has 0 aromatic heterocycles. The highest BCUT2D eigenvalue weighted by atomic mass is 16.5. The van der Waals surface area contributed by atoms with E-state index in [2.05, 4.69) is 34.5 Å². The third-order valence-corrected chi connectivity index (χ3v) is 3.39. The van der Waals surface area contributed by atoms with Gasteiger partial charge in [0.15, 0.2) is 0 Å². The average Bonchev–Trinajstić information content (AvgIpc) is 2.46. The van der Waals surface area contributed by atoms with Crippen molar-refractivity contribution < 1.29 is 9.53 Å². The van der Waals surface area contributed by atoms with E-state index in [9.17, 15) is 4.79 Å². The zero-order valence-electron chi connectivity index (χ0n) is 11.9. The fourth-order valence-corrected chi connectivity index (χ4v) is 2.26. The van der Waals surface area contributed by atoms with Crippen LogP contribution in [0.3, 0.4) is 0 Å². The maximum absolute atomic E-state index is 11.5. The van der Waals surface area contributed by atoms with Crippen molar-refractivity contribution in [1.82, 2.24) is 10.2 Å². The molecule has 20 heavy (non-hydrogen) atoms. The van der Waals surface area contributed by atoms with E-state index in [0.717, 1.165) is 19.6 Å². The summed E-state index contributed by atoms with van der Waals surface area (Å²) in [7, 11) is 0. The summed E-state index contributed by atoms with van der Waals surface area (Å²) in [6.07, 6.45) is 0.0372. The third-order valence-electron chi connectivity index (χ3n) is 3.39. The number of hydrogen-bond acceptors (Lipinski definition) is 4. The van der Waals surface area contributed by atoms with Crippen molar-refractivity contribution in [3.63, 3.8) is 0 Å². The van der Waals surface area contributed by atoms with Gasteiger partial charge in [-0.1, -0.05) is 30.3 Å². The summed E-state index contributed by atoms with van der Waals surface area (Å²) in [6, 6.07) is 9.91. The third kappa shape index (κ3) is 4.59. The average molecular weight is 277 g/mol. The first-order valence-corrected chi connectivity index (χ1v) is 7.06. The summed E-state index contributed by atoms with van der Waals surface area (Å²) >= 11 is 0. The van der Waals surface area contributed by atoms with Crippen LogP contribution in [0.5, 0.6) is 0 Å². The number of nitrogens with zero attached hydrogens (tertiary/aromatic N) is 1. The Morgan fingerprint density at radius 3 is 2.95 bits per heavy atom. The molecular weight excluding hydrogens is 254 g/mol. The first-order valence-electron chi connectivity index (χ1n) is 7.06. The lowest BCUT2D eigenvalue weighted by Crippen LogP contribution is -2.49. The molecule has 1 aromatic carbocycles. The molecule has 0 spiro atoms. The van der Waals surface area contributed by atoms with Gasteiger partial charge in [-0.05, 0) is 12.5 Å². The van der Waals surface area contributed by atoms with Gasteiger partial charge >= 0.3 is 0 Å². The van der Waals surface area contributed by atoms with Crippen molar-refractivity contribution in [3.05, 3.63) is 35.9 Å². The molecule has 1 heterocycles. The Morgan fingerprint density at radius 2 is 2.25 bits per heavy atom. The SMILES string of the molecule is CC(N)C(=O)NCC1CN(Cc2ccccc2)CCO1. The zero-order valence-corrected chi connectivity index (χ0v) is 11.9. The molecule has 0 aliphatic carbocycles. The van der Waals surface area contributed by atoms with Crippen LogP contribution in [0, 0.1) is 0 Å². The molecule has 3 N–H and O–H groups in total. The Labute approximate surface area is 120 Å². The van der Waals surface area contributed by atoms with Crippen LogP contribution in [0.2, 0.25) is 0 Å². The molecule has 1 amide bonds. The van der Waals surface area contributed by atoms with Crippen molar-refractivity contribution in [2.75, 3.05) is 26.2 Å². The van der Waals surface area contributed by atoms with Crippen LogP contribution < -0.4 is 11.1 Å². The number of carbonyl (C=O) groups excluding carboxylic acids is 1. The predicted molar refractivity (Wildman–Crippen MR) is 78.1 cm³/mol. The van der Waals surface area contributed by atoms with Crippen LogP contribution in [0.1, 0.15) is 12.5 Å². The van der Waals surface area contributed by atoms with Gasteiger partial charge in [0.05, 0.1) is 18.8 Å². The van der Waals surface area contributed by atoms with Crippen molar-refractivity contribution in [3.8, 4) is 0 Å². The van der Waals surface area contributed by atoms with E-state index in [-0.39, 0.29) is 12.0 Å². The number of ether oxygens (including phenoxy) is 1. The number of nitrogens with one attached hydrogen (secondary N) is 1. The molecule has 1 fully saturated rings. The van der Waals surface area contributed by atoms with Gasteiger partial charge < -0.3 is 15.8 Å². The van der Waals surface area contributed by atoms with Crippen molar-refractivity contribution >= 4 is 5.91 Å². The second-order valence-electron chi connectivity index (χ2n) is 5.25. The number of rotatable bonds is 5. The van der Waals surface area contributed by atoms with Gasteiger partial charge in [-0.2, -0.15) is 0 Å². The molecule has 0 bridgehead atoms. The Hall–Kier alpha value is -1.43. The van der Waals surface area contributed by atoms with Gasteiger partial charge in [0.2, 0.25) is 5.91 Å². The van der Waals surface area contributed by atoms with Gasteiger partial charge in [0, 0.05) is 26.2 Å². The summed E-state index contributed by atoms with van der Waals surface area (Å²) < 4.78 is 5.68. The molecule has 1 aliphatic rings. The highest BCUT2D eigenvalue weighted by Crippen LogP contribution is 2.10. The molecule has 2 atom stereocenters. The molecule has 5 heteroatoms. The normalized spacial score (nSPS) is 21.4. The van der Waals surface area contributed by atoms with Crippen LogP contribution in [-0.2, 0) is 16.1 Å². The highest BCUT2D eigenvalue weighted by Gasteiger charge is 2.21. The molecule has 110 valence electrons. The Kier molecular flexibility index (Phi) is 5.52. The van der Waals surface area contributed by atoms with E-state index in [1.807, 2.05) is 6.07 Å². The monoisotopic (exact) mass is 277 g/mol. The van der Waals surface area contributed by atoms with Crippen LogP contribution in [0.25, 0.3) is 0 Å². The van der Waals surface area contributed by atoms with E-state index in [0.29, 0.717) is 13.2 Å². The molecule has 1 aliphatic heterocycles. The Balaban J connectivity index is 1.78. The lowest BCUT2D eigenvalue weighted by Gasteiger charge is -2.33. The second-order valence-corrected chi connectivity index (χ2v) is 5.25. The van der Waals surface area contributed by atoms with E-state index in [1.54, 1.807) is 6.92 Å². The van der Waals surface area contributed by atoms with Gasteiger partial charge in [0.1, 0.15) is 0 Å². The molecular formula is C15H23N3O2. The minimum Gasteiger partial charge on any atom is -0.374 e. The number of benzene rings is 1.